The highest BCUT2D eigenvalue weighted by Gasteiger charge is 2.15. The SMILES string of the molecule is CC(C)OCc1ccc(CNC(=O)n2ccnc2)cc1.CN1CCC(NCc2ccc(F)cc2)CC1. The molecule has 0 atom stereocenters. The fourth-order valence-electron chi connectivity index (χ4n) is 3.74. The number of hydrogen-bond acceptors (Lipinski definition) is 5. The second-order valence-electron chi connectivity index (χ2n) is 9.39. The fourth-order valence-corrected chi connectivity index (χ4v) is 3.74. The maximum absolute atomic E-state index is 12.7. The Balaban J connectivity index is 0.000000205. The van der Waals surface area contributed by atoms with E-state index in [4.69, 9.17) is 4.74 Å². The zero-order chi connectivity index (χ0) is 25.8. The number of nitrogens with one attached hydrogen (secondary N) is 2. The van der Waals surface area contributed by atoms with E-state index >= 15 is 0 Å². The number of benzene rings is 2. The van der Waals surface area contributed by atoms with Gasteiger partial charge in [0.2, 0.25) is 0 Å². The molecule has 0 aliphatic carbocycles. The molecule has 36 heavy (non-hydrogen) atoms. The molecule has 1 aliphatic rings. The topological polar surface area (TPSA) is 71.4 Å². The molecule has 1 aliphatic heterocycles. The molecule has 1 aromatic heterocycles. The van der Waals surface area contributed by atoms with E-state index in [9.17, 15) is 9.18 Å². The summed E-state index contributed by atoms with van der Waals surface area (Å²) in [6.07, 6.45) is 7.30. The smallest absolute Gasteiger partial charge is 0.327 e. The van der Waals surface area contributed by atoms with E-state index in [1.54, 1.807) is 12.4 Å². The summed E-state index contributed by atoms with van der Waals surface area (Å²) < 4.78 is 19.6. The van der Waals surface area contributed by atoms with Gasteiger partial charge in [-0.15, -0.1) is 0 Å². The van der Waals surface area contributed by atoms with E-state index in [0.29, 0.717) is 19.2 Å². The predicted octanol–water partition coefficient (Wildman–Crippen LogP) is 4.58. The Morgan fingerprint density at radius 1 is 1.03 bits per heavy atom. The van der Waals surface area contributed by atoms with Crippen LogP contribution in [0, 0.1) is 5.82 Å². The average molecular weight is 496 g/mol. The number of likely N-dealkylation sites (tertiary alicyclic amines) is 1. The predicted molar refractivity (Wildman–Crippen MR) is 140 cm³/mol. The van der Waals surface area contributed by atoms with Crippen molar-refractivity contribution in [1.29, 1.82) is 0 Å². The molecule has 0 unspecified atom stereocenters. The first-order valence-electron chi connectivity index (χ1n) is 12.5. The second-order valence-corrected chi connectivity index (χ2v) is 9.39. The molecule has 4 rings (SSSR count). The Labute approximate surface area is 213 Å². The van der Waals surface area contributed by atoms with Crippen LogP contribution in [-0.2, 0) is 24.4 Å². The summed E-state index contributed by atoms with van der Waals surface area (Å²) in [4.78, 5) is 17.9. The molecule has 2 aromatic carbocycles. The lowest BCUT2D eigenvalue weighted by atomic mass is 10.1. The lowest BCUT2D eigenvalue weighted by Crippen LogP contribution is -2.40. The lowest BCUT2D eigenvalue weighted by molar-refractivity contribution is 0.0657. The van der Waals surface area contributed by atoms with Gasteiger partial charge in [-0.25, -0.2) is 14.2 Å². The van der Waals surface area contributed by atoms with Crippen molar-refractivity contribution < 1.29 is 13.9 Å². The Bertz CT molecular complexity index is 1020. The molecular weight excluding hydrogens is 457 g/mol. The highest BCUT2D eigenvalue weighted by Crippen LogP contribution is 2.10. The summed E-state index contributed by atoms with van der Waals surface area (Å²) in [6, 6.07) is 15.2. The fraction of sp³-hybridized carbons (Fsp3) is 0.429. The van der Waals surface area contributed by atoms with Gasteiger partial charge in [-0.05, 0) is 75.6 Å². The van der Waals surface area contributed by atoms with Crippen molar-refractivity contribution in [2.24, 2.45) is 0 Å². The first kappa shape index (κ1) is 27.5. The van der Waals surface area contributed by atoms with Gasteiger partial charge in [-0.1, -0.05) is 36.4 Å². The molecule has 3 aromatic rings. The molecule has 2 heterocycles. The number of hydrogen-bond donors (Lipinski definition) is 2. The first-order valence-corrected chi connectivity index (χ1v) is 12.5. The molecule has 1 saturated heterocycles. The van der Waals surface area contributed by atoms with E-state index < -0.39 is 0 Å². The van der Waals surface area contributed by atoms with E-state index in [1.165, 1.54) is 49.0 Å². The molecule has 2 N–H and O–H groups in total. The first-order chi connectivity index (χ1) is 17.4. The van der Waals surface area contributed by atoms with Gasteiger partial charge in [0.15, 0.2) is 0 Å². The Morgan fingerprint density at radius 2 is 1.64 bits per heavy atom. The van der Waals surface area contributed by atoms with Gasteiger partial charge in [-0.3, -0.25) is 4.57 Å². The van der Waals surface area contributed by atoms with E-state index in [0.717, 1.165) is 23.2 Å². The Kier molecular flexibility index (Phi) is 11.1. The number of piperidine rings is 1. The monoisotopic (exact) mass is 495 g/mol. The van der Waals surface area contributed by atoms with Crippen molar-refractivity contribution in [3.05, 3.63) is 89.8 Å². The summed E-state index contributed by atoms with van der Waals surface area (Å²) in [6.45, 7) is 8.30. The molecule has 0 spiro atoms. The van der Waals surface area contributed by atoms with Crippen LogP contribution in [0.4, 0.5) is 9.18 Å². The van der Waals surface area contributed by atoms with Crippen molar-refractivity contribution >= 4 is 6.03 Å². The Morgan fingerprint density at radius 3 is 2.25 bits per heavy atom. The van der Waals surface area contributed by atoms with Crippen molar-refractivity contribution in [1.82, 2.24) is 25.1 Å². The molecule has 1 amide bonds. The largest absolute Gasteiger partial charge is 0.374 e. The van der Waals surface area contributed by atoms with Gasteiger partial charge < -0.3 is 20.3 Å². The maximum Gasteiger partial charge on any atom is 0.327 e. The van der Waals surface area contributed by atoms with Crippen molar-refractivity contribution in [3.63, 3.8) is 0 Å². The van der Waals surface area contributed by atoms with Crippen LogP contribution in [-0.4, -0.2) is 52.8 Å². The van der Waals surface area contributed by atoms with E-state index in [1.807, 2.05) is 50.2 Å². The summed E-state index contributed by atoms with van der Waals surface area (Å²) in [7, 11) is 2.16. The zero-order valence-electron chi connectivity index (χ0n) is 21.5. The molecular formula is C28H38FN5O2. The number of carbonyl (C=O) groups excluding carboxylic acids is 1. The number of halogens is 1. The summed E-state index contributed by atoms with van der Waals surface area (Å²) in [5.74, 6) is -0.164. The molecule has 194 valence electrons. The van der Waals surface area contributed by atoms with E-state index in [-0.39, 0.29) is 18.0 Å². The van der Waals surface area contributed by atoms with Crippen LogP contribution in [0.5, 0.6) is 0 Å². The average Bonchev–Trinajstić information content (AvgIpc) is 3.43. The standard InChI is InChI=1S/C15H19N3O2.C13H19FN2/c1-12(2)20-10-14-5-3-13(4-6-14)9-17-15(19)18-8-7-16-11-18;1-16-8-6-13(7-9-16)15-10-11-2-4-12(14)5-3-11/h3-8,11-12H,9-10H2,1-2H3,(H,17,19);2-5,13,15H,6-10H2,1H3. The lowest BCUT2D eigenvalue weighted by Gasteiger charge is -2.29. The van der Waals surface area contributed by atoms with Gasteiger partial charge >= 0.3 is 6.03 Å². The normalized spacial score (nSPS) is 14.4. The van der Waals surface area contributed by atoms with Crippen LogP contribution in [0.3, 0.4) is 0 Å². The summed E-state index contributed by atoms with van der Waals surface area (Å²) in [5, 5.41) is 6.35. The number of amides is 1. The minimum Gasteiger partial charge on any atom is -0.374 e. The minimum atomic E-state index is -0.185. The van der Waals surface area contributed by atoms with Crippen LogP contribution < -0.4 is 10.6 Å². The molecule has 0 radical (unpaired) electrons. The van der Waals surface area contributed by atoms with Gasteiger partial charge in [-0.2, -0.15) is 0 Å². The van der Waals surface area contributed by atoms with Crippen LogP contribution >= 0.6 is 0 Å². The van der Waals surface area contributed by atoms with Crippen LogP contribution in [0.1, 0.15) is 43.4 Å². The van der Waals surface area contributed by atoms with Crippen molar-refractivity contribution in [3.8, 4) is 0 Å². The molecule has 0 bridgehead atoms. The molecule has 0 saturated carbocycles. The highest BCUT2D eigenvalue weighted by molar-refractivity contribution is 5.76. The Hall–Kier alpha value is -3.07. The number of imidazole rings is 1. The van der Waals surface area contributed by atoms with Crippen LogP contribution in [0.15, 0.2) is 67.3 Å². The van der Waals surface area contributed by atoms with Gasteiger partial charge in [0.05, 0.1) is 12.7 Å². The third-order valence-electron chi connectivity index (χ3n) is 6.02. The molecule has 8 heteroatoms. The summed E-state index contributed by atoms with van der Waals surface area (Å²) >= 11 is 0. The number of rotatable bonds is 8. The van der Waals surface area contributed by atoms with Crippen LogP contribution in [0.25, 0.3) is 0 Å². The third-order valence-corrected chi connectivity index (χ3v) is 6.02. The van der Waals surface area contributed by atoms with Crippen molar-refractivity contribution in [2.75, 3.05) is 20.1 Å². The zero-order valence-corrected chi connectivity index (χ0v) is 21.5. The maximum atomic E-state index is 12.7. The number of carbonyl (C=O) groups is 1. The van der Waals surface area contributed by atoms with Gasteiger partial charge in [0.1, 0.15) is 12.1 Å². The third kappa shape index (κ3) is 9.89. The quantitative estimate of drug-likeness (QED) is 0.479. The highest BCUT2D eigenvalue weighted by atomic mass is 19.1. The molecule has 1 fully saturated rings. The number of aromatic nitrogens is 2. The number of ether oxygens (including phenoxy) is 1. The number of nitrogens with zero attached hydrogens (tertiary/aromatic N) is 3. The van der Waals surface area contributed by atoms with E-state index in [2.05, 4.69) is 27.6 Å². The van der Waals surface area contributed by atoms with Crippen molar-refractivity contribution in [2.45, 2.75) is 58.5 Å². The molecule has 7 nitrogen and oxygen atoms in total. The second kappa shape index (κ2) is 14.5. The summed E-state index contributed by atoms with van der Waals surface area (Å²) in [5.41, 5.74) is 3.33. The van der Waals surface area contributed by atoms with Gasteiger partial charge in [0.25, 0.3) is 0 Å². The minimum absolute atomic E-state index is 0.164. The van der Waals surface area contributed by atoms with Gasteiger partial charge in [0, 0.05) is 31.5 Å². The van der Waals surface area contributed by atoms with Crippen LogP contribution in [0.2, 0.25) is 0 Å².